The van der Waals surface area contributed by atoms with Crippen LogP contribution in [0.2, 0.25) is 0 Å². The maximum Gasteiger partial charge on any atom is 0.164 e. The van der Waals surface area contributed by atoms with E-state index in [9.17, 15) is 0 Å². The first-order valence-corrected chi connectivity index (χ1v) is 17.9. The summed E-state index contributed by atoms with van der Waals surface area (Å²) >= 11 is 0. The fourth-order valence-electron chi connectivity index (χ4n) is 7.97. The Hall–Kier alpha value is -7.17. The Labute approximate surface area is 304 Å². The molecule has 0 saturated heterocycles. The Kier molecular flexibility index (Phi) is 6.52. The van der Waals surface area contributed by atoms with Crippen LogP contribution in [0.15, 0.2) is 180 Å². The molecule has 0 fully saturated rings. The predicted octanol–water partition coefficient (Wildman–Crippen LogP) is 13.1. The number of hydrogen-bond acceptors (Lipinski definition) is 4. The summed E-state index contributed by atoms with van der Waals surface area (Å²) in [5.41, 5.74) is 6.67. The van der Waals surface area contributed by atoms with Gasteiger partial charge in [-0.05, 0) is 84.5 Å². The highest BCUT2D eigenvalue weighted by atomic mass is 16.3. The molecule has 0 atom stereocenters. The Morgan fingerprint density at radius 3 is 1.75 bits per heavy atom. The third kappa shape index (κ3) is 4.80. The highest BCUT2D eigenvalue weighted by Crippen LogP contribution is 2.41. The Morgan fingerprint density at radius 1 is 0.302 bits per heavy atom. The number of rotatable bonds is 4. The van der Waals surface area contributed by atoms with E-state index in [1.807, 2.05) is 42.5 Å². The van der Waals surface area contributed by atoms with Gasteiger partial charge in [-0.15, -0.1) is 0 Å². The molecule has 0 N–H and O–H groups in total. The number of aromatic nitrogens is 3. The standard InChI is InChI=1S/C49H29N3O/c1-2-12-31(13-3-1)47-50-48(35-24-25-38-33(27-35)22-21-30-11-4-6-15-36(30)38)52-49(51-47)42-19-10-20-44-46(42)41-26-23-34(29-45(41)53-44)43-28-32-14-5-7-16-37(32)39-17-8-9-18-40(39)43/h1-29H. The maximum absolute atomic E-state index is 6.62. The number of benzene rings is 9. The van der Waals surface area contributed by atoms with E-state index in [4.69, 9.17) is 19.4 Å². The first-order chi connectivity index (χ1) is 26.2. The van der Waals surface area contributed by atoms with Crippen molar-refractivity contribution in [3.63, 3.8) is 0 Å². The minimum atomic E-state index is 0.602. The Bertz CT molecular complexity index is 3240. The van der Waals surface area contributed by atoms with Crippen molar-refractivity contribution in [2.45, 2.75) is 0 Å². The van der Waals surface area contributed by atoms with Gasteiger partial charge in [-0.2, -0.15) is 0 Å². The summed E-state index contributed by atoms with van der Waals surface area (Å²) in [6.45, 7) is 0. The molecule has 53 heavy (non-hydrogen) atoms. The van der Waals surface area contributed by atoms with Crippen LogP contribution in [0.5, 0.6) is 0 Å². The van der Waals surface area contributed by atoms with Crippen LogP contribution < -0.4 is 0 Å². The fraction of sp³-hybridized carbons (Fsp3) is 0. The Balaban J connectivity index is 1.10. The van der Waals surface area contributed by atoms with Gasteiger partial charge in [0.05, 0.1) is 0 Å². The molecule has 4 heteroatoms. The molecule has 0 aliphatic heterocycles. The molecule has 11 aromatic rings. The minimum Gasteiger partial charge on any atom is -0.456 e. The van der Waals surface area contributed by atoms with Gasteiger partial charge in [-0.3, -0.25) is 0 Å². The average molecular weight is 676 g/mol. The van der Waals surface area contributed by atoms with E-state index in [1.165, 1.54) is 43.3 Å². The normalized spacial score (nSPS) is 11.8. The van der Waals surface area contributed by atoms with E-state index in [2.05, 4.69) is 133 Å². The van der Waals surface area contributed by atoms with Crippen molar-refractivity contribution in [1.29, 1.82) is 0 Å². The molecule has 4 nitrogen and oxygen atoms in total. The van der Waals surface area contributed by atoms with Gasteiger partial charge >= 0.3 is 0 Å². The van der Waals surface area contributed by atoms with E-state index in [-0.39, 0.29) is 0 Å². The summed E-state index contributed by atoms with van der Waals surface area (Å²) in [6.07, 6.45) is 0. The van der Waals surface area contributed by atoms with E-state index >= 15 is 0 Å². The molecule has 0 aliphatic carbocycles. The van der Waals surface area contributed by atoms with Gasteiger partial charge in [-0.1, -0.05) is 146 Å². The summed E-state index contributed by atoms with van der Waals surface area (Å²) < 4.78 is 6.62. The molecular formula is C49H29N3O. The second-order valence-corrected chi connectivity index (χ2v) is 13.6. The third-order valence-corrected chi connectivity index (χ3v) is 10.5. The van der Waals surface area contributed by atoms with Crippen LogP contribution in [0.3, 0.4) is 0 Å². The molecule has 9 aromatic carbocycles. The first kappa shape index (κ1) is 29.5. The molecule has 0 aliphatic rings. The fourth-order valence-corrected chi connectivity index (χ4v) is 7.97. The van der Waals surface area contributed by atoms with Gasteiger partial charge < -0.3 is 4.42 Å². The van der Waals surface area contributed by atoms with Crippen LogP contribution in [0.25, 0.3) is 110 Å². The van der Waals surface area contributed by atoms with Crippen LogP contribution in [-0.4, -0.2) is 15.0 Å². The van der Waals surface area contributed by atoms with Gasteiger partial charge in [0, 0.05) is 27.5 Å². The molecule has 246 valence electrons. The van der Waals surface area contributed by atoms with Crippen LogP contribution >= 0.6 is 0 Å². The number of nitrogens with zero attached hydrogens (tertiary/aromatic N) is 3. The highest BCUT2D eigenvalue weighted by Gasteiger charge is 2.19. The van der Waals surface area contributed by atoms with Gasteiger partial charge in [0.2, 0.25) is 0 Å². The lowest BCUT2D eigenvalue weighted by Gasteiger charge is -2.11. The summed E-state index contributed by atoms with van der Waals surface area (Å²) in [7, 11) is 0. The lowest BCUT2D eigenvalue weighted by molar-refractivity contribution is 0.669. The largest absolute Gasteiger partial charge is 0.456 e. The molecule has 2 aromatic heterocycles. The molecule has 11 rings (SSSR count). The zero-order chi connectivity index (χ0) is 34.9. The second-order valence-electron chi connectivity index (χ2n) is 13.6. The van der Waals surface area contributed by atoms with Crippen LogP contribution in [0, 0.1) is 0 Å². The molecule has 2 heterocycles. The van der Waals surface area contributed by atoms with Gasteiger partial charge in [-0.25, -0.2) is 15.0 Å². The van der Waals surface area contributed by atoms with Crippen molar-refractivity contribution < 1.29 is 4.42 Å². The van der Waals surface area contributed by atoms with Crippen molar-refractivity contribution in [2.24, 2.45) is 0 Å². The van der Waals surface area contributed by atoms with E-state index in [0.717, 1.165) is 49.6 Å². The predicted molar refractivity (Wildman–Crippen MR) is 219 cm³/mol. The zero-order valence-corrected chi connectivity index (χ0v) is 28.5. The first-order valence-electron chi connectivity index (χ1n) is 17.9. The summed E-state index contributed by atoms with van der Waals surface area (Å²) in [5, 5.41) is 11.7. The van der Waals surface area contributed by atoms with Crippen LogP contribution in [-0.2, 0) is 0 Å². The molecule has 0 amide bonds. The van der Waals surface area contributed by atoms with Crippen molar-refractivity contribution in [3.8, 4) is 45.3 Å². The SMILES string of the molecule is c1ccc(-c2nc(-c3ccc4c(ccc5ccccc54)c3)nc(-c3cccc4oc5cc(-c6cc7ccccc7c7ccccc67)ccc5c34)n2)cc1. The van der Waals surface area contributed by atoms with E-state index in [0.29, 0.717) is 17.5 Å². The van der Waals surface area contributed by atoms with E-state index in [1.54, 1.807) is 0 Å². The van der Waals surface area contributed by atoms with Crippen molar-refractivity contribution in [1.82, 2.24) is 15.0 Å². The second kappa shape index (κ2) is 11.7. The summed E-state index contributed by atoms with van der Waals surface area (Å²) in [4.78, 5) is 15.3. The monoisotopic (exact) mass is 675 g/mol. The van der Waals surface area contributed by atoms with Gasteiger partial charge in [0.25, 0.3) is 0 Å². The topological polar surface area (TPSA) is 51.8 Å². The van der Waals surface area contributed by atoms with Crippen LogP contribution in [0.1, 0.15) is 0 Å². The highest BCUT2D eigenvalue weighted by molar-refractivity contribution is 6.16. The minimum absolute atomic E-state index is 0.602. The number of fused-ring (bicyclic) bond motifs is 9. The van der Waals surface area contributed by atoms with Crippen molar-refractivity contribution in [3.05, 3.63) is 176 Å². The van der Waals surface area contributed by atoms with Crippen molar-refractivity contribution >= 4 is 65.0 Å². The lowest BCUT2D eigenvalue weighted by atomic mass is 9.93. The third-order valence-electron chi connectivity index (χ3n) is 10.5. The van der Waals surface area contributed by atoms with Gasteiger partial charge in [0.1, 0.15) is 11.2 Å². The summed E-state index contributed by atoms with van der Waals surface area (Å²) in [6, 6.07) is 61.6. The molecular weight excluding hydrogens is 647 g/mol. The van der Waals surface area contributed by atoms with E-state index < -0.39 is 0 Å². The smallest absolute Gasteiger partial charge is 0.164 e. The molecule has 0 unspecified atom stereocenters. The molecule has 0 saturated carbocycles. The maximum atomic E-state index is 6.62. The summed E-state index contributed by atoms with van der Waals surface area (Å²) in [5.74, 6) is 1.85. The van der Waals surface area contributed by atoms with Gasteiger partial charge in [0.15, 0.2) is 17.5 Å². The van der Waals surface area contributed by atoms with Crippen LogP contribution in [0.4, 0.5) is 0 Å². The molecule has 0 spiro atoms. The molecule has 0 bridgehead atoms. The average Bonchev–Trinajstić information content (AvgIpc) is 3.61. The zero-order valence-electron chi connectivity index (χ0n) is 28.5. The quantitative estimate of drug-likeness (QED) is 0.174. The number of furan rings is 1. The Morgan fingerprint density at radius 2 is 0.906 bits per heavy atom. The van der Waals surface area contributed by atoms with Crippen molar-refractivity contribution in [2.75, 3.05) is 0 Å². The number of hydrogen-bond donors (Lipinski definition) is 0. The molecule has 0 radical (unpaired) electrons. The lowest BCUT2D eigenvalue weighted by Crippen LogP contribution is -2.00.